The van der Waals surface area contributed by atoms with Gasteiger partial charge in [-0.15, -0.1) is 0 Å². The van der Waals surface area contributed by atoms with Crippen LogP contribution in [-0.2, 0) is 11.2 Å². The van der Waals surface area contributed by atoms with E-state index >= 15 is 0 Å². The van der Waals surface area contributed by atoms with Gasteiger partial charge in [0.05, 0.1) is 0 Å². The summed E-state index contributed by atoms with van der Waals surface area (Å²) in [6.07, 6.45) is 7.81. The molecule has 3 aromatic carbocycles. The van der Waals surface area contributed by atoms with E-state index in [-0.39, 0.29) is 19.0 Å². The Morgan fingerprint density at radius 3 is 2.24 bits per heavy atom. The van der Waals surface area contributed by atoms with Crippen molar-refractivity contribution >= 4 is 28.4 Å². The molecule has 0 fully saturated rings. The Bertz CT molecular complexity index is 1160. The number of carbonyl (C=O) groups is 2. The number of unbranched alkanes of at least 4 members (excludes halogenated alkanes) is 1. The van der Waals surface area contributed by atoms with Crippen molar-refractivity contribution in [1.82, 2.24) is 5.32 Å². The van der Waals surface area contributed by atoms with Crippen molar-refractivity contribution in [3.05, 3.63) is 88.6 Å². The lowest BCUT2D eigenvalue weighted by molar-refractivity contribution is -0.117. The number of hydrogen-bond donors (Lipinski definition) is 1. The summed E-state index contributed by atoms with van der Waals surface area (Å²) in [4.78, 5) is 22.0. The van der Waals surface area contributed by atoms with Crippen LogP contribution in [0.15, 0.2) is 60.8 Å². The van der Waals surface area contributed by atoms with Crippen LogP contribution in [0.5, 0.6) is 0 Å². The minimum absolute atomic E-state index is 0. The molecule has 3 nitrogen and oxygen atoms in total. The minimum Gasteiger partial charge on any atom is -0.391 e. The molecule has 0 aromatic heterocycles. The van der Waals surface area contributed by atoms with Crippen LogP contribution in [-0.4, -0.2) is 18.1 Å². The van der Waals surface area contributed by atoms with E-state index in [2.05, 4.69) is 74.6 Å². The predicted octanol–water partition coefficient (Wildman–Crippen LogP) is 9.71. The molecule has 0 unspecified atom stereocenters. The van der Waals surface area contributed by atoms with Crippen LogP contribution >= 0.6 is 0 Å². The SMILES string of the molecule is C.CC.CC(=O)CCCCN/C=C/c1cc(C(C)C)c2ccccc2c1.CCc1ccc(C)c(C(C)=O)c1. The second-order valence-corrected chi connectivity index (χ2v) is 9.49. The zero-order valence-corrected chi connectivity index (χ0v) is 24.3. The Kier molecular flexibility index (Phi) is 17.4. The van der Waals surface area contributed by atoms with E-state index in [0.29, 0.717) is 12.3 Å². The van der Waals surface area contributed by atoms with Crippen LogP contribution in [0.25, 0.3) is 16.8 Å². The molecule has 208 valence electrons. The highest BCUT2D eigenvalue weighted by molar-refractivity contribution is 5.95. The molecule has 0 atom stereocenters. The molecule has 0 bridgehead atoms. The van der Waals surface area contributed by atoms with Crippen LogP contribution < -0.4 is 5.32 Å². The number of ketones is 2. The minimum atomic E-state index is 0. The maximum absolute atomic E-state index is 11.1. The number of hydrogen-bond acceptors (Lipinski definition) is 3. The van der Waals surface area contributed by atoms with Gasteiger partial charge in [0.25, 0.3) is 0 Å². The van der Waals surface area contributed by atoms with E-state index in [1.54, 1.807) is 13.8 Å². The van der Waals surface area contributed by atoms with E-state index in [1.165, 1.54) is 27.5 Å². The van der Waals surface area contributed by atoms with Crippen molar-refractivity contribution in [3.63, 3.8) is 0 Å². The molecule has 0 aliphatic heterocycles. The fourth-order valence-electron chi connectivity index (χ4n) is 4.05. The van der Waals surface area contributed by atoms with Crippen LogP contribution in [0.1, 0.15) is 114 Å². The summed E-state index contributed by atoms with van der Waals surface area (Å²) in [6.45, 7) is 16.7. The number of carbonyl (C=O) groups excluding carboxylic acids is 2. The second kappa shape index (κ2) is 19.0. The molecule has 3 heteroatoms. The fraction of sp³-hybridized carbons (Fsp3) is 0.429. The van der Waals surface area contributed by atoms with Crippen molar-refractivity contribution < 1.29 is 9.59 Å². The van der Waals surface area contributed by atoms with Crippen molar-refractivity contribution in [2.75, 3.05) is 6.54 Å². The Balaban J connectivity index is 0.000000773. The van der Waals surface area contributed by atoms with Gasteiger partial charge in [-0.3, -0.25) is 4.79 Å². The summed E-state index contributed by atoms with van der Waals surface area (Å²) in [5.41, 5.74) is 5.77. The van der Waals surface area contributed by atoms with Crippen LogP contribution in [0.2, 0.25) is 0 Å². The number of benzene rings is 3. The van der Waals surface area contributed by atoms with E-state index < -0.39 is 0 Å². The molecule has 0 amide bonds. The van der Waals surface area contributed by atoms with Gasteiger partial charge in [0.2, 0.25) is 0 Å². The fourth-order valence-corrected chi connectivity index (χ4v) is 4.05. The third-order valence-electron chi connectivity index (χ3n) is 6.12. The zero-order valence-electron chi connectivity index (χ0n) is 24.3. The quantitative estimate of drug-likeness (QED) is 0.215. The maximum Gasteiger partial charge on any atom is 0.160 e. The number of aryl methyl sites for hydroxylation is 2. The normalized spacial score (nSPS) is 10.2. The van der Waals surface area contributed by atoms with Crippen LogP contribution in [0, 0.1) is 6.92 Å². The Morgan fingerprint density at radius 1 is 0.947 bits per heavy atom. The van der Waals surface area contributed by atoms with Gasteiger partial charge in [-0.1, -0.05) is 84.5 Å². The van der Waals surface area contributed by atoms with Gasteiger partial charge in [0.15, 0.2) is 5.78 Å². The highest BCUT2D eigenvalue weighted by Crippen LogP contribution is 2.27. The molecule has 0 heterocycles. The summed E-state index contributed by atoms with van der Waals surface area (Å²) in [5, 5.41) is 5.95. The Morgan fingerprint density at radius 2 is 1.63 bits per heavy atom. The standard InChI is InChI=1S/C21H27NO.C11H14O.C2H6.CH4/c1-16(2)21-15-18(14-19-9-4-5-10-20(19)21)11-13-22-12-7-6-8-17(3)23;1-4-10-6-5-8(2)11(7-10)9(3)12;1-2;/h4-5,9-11,13-16,22H,6-8,12H2,1-3H3;5-7H,4H2,1-3H3;1-2H3;1H4/b13-11+;;;. The average Bonchev–Trinajstić information content (AvgIpc) is 2.89. The second-order valence-electron chi connectivity index (χ2n) is 9.49. The van der Waals surface area contributed by atoms with E-state index in [1.807, 2.05) is 39.1 Å². The van der Waals surface area contributed by atoms with Crippen molar-refractivity contribution in [2.24, 2.45) is 0 Å². The summed E-state index contributed by atoms with van der Waals surface area (Å²) < 4.78 is 0. The zero-order chi connectivity index (χ0) is 27.8. The maximum atomic E-state index is 11.1. The van der Waals surface area contributed by atoms with Gasteiger partial charge in [0.1, 0.15) is 5.78 Å². The number of fused-ring (bicyclic) bond motifs is 1. The molecule has 0 saturated heterocycles. The summed E-state index contributed by atoms with van der Waals surface area (Å²) in [6, 6.07) is 19.1. The molecule has 38 heavy (non-hydrogen) atoms. The first kappa shape index (κ1) is 34.8. The summed E-state index contributed by atoms with van der Waals surface area (Å²) in [7, 11) is 0. The van der Waals surface area contributed by atoms with Gasteiger partial charge in [0, 0.05) is 18.5 Å². The van der Waals surface area contributed by atoms with Gasteiger partial charge in [-0.05, 0) is 103 Å². The average molecular weight is 518 g/mol. The molecular weight excluding hydrogens is 466 g/mol. The first-order valence-electron chi connectivity index (χ1n) is 13.8. The van der Waals surface area contributed by atoms with Gasteiger partial charge in [-0.2, -0.15) is 0 Å². The van der Waals surface area contributed by atoms with Crippen LogP contribution in [0.3, 0.4) is 0 Å². The molecule has 0 aliphatic rings. The summed E-state index contributed by atoms with van der Waals surface area (Å²) in [5.74, 6) is 0.938. The van der Waals surface area contributed by atoms with Gasteiger partial charge in [-0.25, -0.2) is 0 Å². The molecular formula is C35H51NO2. The van der Waals surface area contributed by atoms with Gasteiger partial charge >= 0.3 is 0 Å². The third-order valence-corrected chi connectivity index (χ3v) is 6.12. The molecule has 0 saturated carbocycles. The Labute approximate surface area is 232 Å². The van der Waals surface area contributed by atoms with Crippen LogP contribution in [0.4, 0.5) is 0 Å². The first-order chi connectivity index (χ1) is 17.7. The monoisotopic (exact) mass is 517 g/mol. The van der Waals surface area contributed by atoms with Crippen molar-refractivity contribution in [2.45, 2.75) is 94.4 Å². The van der Waals surface area contributed by atoms with Crippen molar-refractivity contribution in [3.8, 4) is 0 Å². The highest BCUT2D eigenvalue weighted by atomic mass is 16.1. The first-order valence-corrected chi connectivity index (χ1v) is 13.8. The smallest absolute Gasteiger partial charge is 0.160 e. The molecule has 0 aliphatic carbocycles. The lowest BCUT2D eigenvalue weighted by Crippen LogP contribution is -2.07. The number of nitrogens with one attached hydrogen (secondary N) is 1. The van der Waals surface area contributed by atoms with E-state index in [0.717, 1.165) is 36.9 Å². The largest absolute Gasteiger partial charge is 0.391 e. The van der Waals surface area contributed by atoms with Gasteiger partial charge < -0.3 is 10.1 Å². The lowest BCUT2D eigenvalue weighted by atomic mass is 9.93. The molecule has 1 N–H and O–H groups in total. The summed E-state index contributed by atoms with van der Waals surface area (Å²) >= 11 is 0. The molecule has 0 spiro atoms. The van der Waals surface area contributed by atoms with E-state index in [4.69, 9.17) is 0 Å². The van der Waals surface area contributed by atoms with Crippen molar-refractivity contribution in [1.29, 1.82) is 0 Å². The number of rotatable bonds is 10. The predicted molar refractivity (Wildman–Crippen MR) is 168 cm³/mol. The lowest BCUT2D eigenvalue weighted by Gasteiger charge is -2.11. The van der Waals surface area contributed by atoms with E-state index in [9.17, 15) is 9.59 Å². The third kappa shape index (κ3) is 11.9. The topological polar surface area (TPSA) is 46.2 Å². The molecule has 3 aromatic rings. The molecule has 3 rings (SSSR count). The Hall–Kier alpha value is -3.20. The highest BCUT2D eigenvalue weighted by Gasteiger charge is 2.06. The molecule has 0 radical (unpaired) electrons. The number of Topliss-reactive ketones (excluding diaryl/α,β-unsaturated/α-hetero) is 2.